The van der Waals surface area contributed by atoms with Crippen molar-refractivity contribution in [2.75, 3.05) is 17.3 Å². The maximum absolute atomic E-state index is 11.5. The van der Waals surface area contributed by atoms with E-state index in [2.05, 4.69) is 15.3 Å². The van der Waals surface area contributed by atoms with Crippen molar-refractivity contribution >= 4 is 21.2 Å². The third-order valence-corrected chi connectivity index (χ3v) is 3.62. The molecule has 0 saturated heterocycles. The van der Waals surface area contributed by atoms with Crippen LogP contribution in [0.1, 0.15) is 5.82 Å². The molecule has 2 aromatic rings. The van der Waals surface area contributed by atoms with Gasteiger partial charge in [-0.2, -0.15) is 0 Å². The maximum atomic E-state index is 11.5. The van der Waals surface area contributed by atoms with Crippen molar-refractivity contribution in [2.24, 2.45) is 0 Å². The van der Waals surface area contributed by atoms with Gasteiger partial charge in [-0.15, -0.1) is 0 Å². The molecule has 0 atom stereocenters. The number of hydrogen-bond acceptors (Lipinski definition) is 5. The van der Waals surface area contributed by atoms with E-state index in [9.17, 15) is 8.42 Å². The standard InChI is InChI=1S/C11H14N4O2S/c1-18(16,17)9-4-2-3-8(11(9)12)15-7-10-13-5-6-14-10/h2-6,15H,7,12H2,1H3,(H,13,14). The lowest BCUT2D eigenvalue weighted by molar-refractivity contribution is 0.602. The lowest BCUT2D eigenvalue weighted by Crippen LogP contribution is -2.08. The Hall–Kier alpha value is -2.02. The van der Waals surface area contributed by atoms with E-state index in [1.807, 2.05) is 0 Å². The van der Waals surface area contributed by atoms with Gasteiger partial charge in [0.1, 0.15) is 5.82 Å². The maximum Gasteiger partial charge on any atom is 0.177 e. The molecule has 0 aliphatic carbocycles. The third-order valence-electron chi connectivity index (χ3n) is 2.47. The fourth-order valence-electron chi connectivity index (χ4n) is 1.60. The second kappa shape index (κ2) is 4.69. The van der Waals surface area contributed by atoms with Crippen LogP contribution in [0.3, 0.4) is 0 Å². The Morgan fingerprint density at radius 2 is 2.22 bits per heavy atom. The van der Waals surface area contributed by atoms with Crippen molar-refractivity contribution < 1.29 is 8.42 Å². The highest BCUT2D eigenvalue weighted by Crippen LogP contribution is 2.26. The Morgan fingerprint density at radius 1 is 1.44 bits per heavy atom. The molecule has 6 nitrogen and oxygen atoms in total. The summed E-state index contributed by atoms with van der Waals surface area (Å²) in [5, 5.41) is 3.04. The molecule has 96 valence electrons. The number of sulfone groups is 1. The molecule has 0 aliphatic heterocycles. The fraction of sp³-hybridized carbons (Fsp3) is 0.182. The summed E-state index contributed by atoms with van der Waals surface area (Å²) in [4.78, 5) is 7.13. The summed E-state index contributed by atoms with van der Waals surface area (Å²) in [6, 6.07) is 4.87. The van der Waals surface area contributed by atoms with Crippen molar-refractivity contribution in [2.45, 2.75) is 11.4 Å². The van der Waals surface area contributed by atoms with Gasteiger partial charge in [-0.3, -0.25) is 0 Å². The van der Waals surface area contributed by atoms with Gasteiger partial charge in [0.25, 0.3) is 0 Å². The third kappa shape index (κ3) is 2.62. The number of rotatable bonds is 4. The molecule has 1 aromatic carbocycles. The van der Waals surface area contributed by atoms with Crippen LogP contribution >= 0.6 is 0 Å². The van der Waals surface area contributed by atoms with Gasteiger partial charge in [-0.25, -0.2) is 13.4 Å². The summed E-state index contributed by atoms with van der Waals surface area (Å²) in [7, 11) is -3.32. The topological polar surface area (TPSA) is 101 Å². The molecule has 0 unspecified atom stereocenters. The van der Waals surface area contributed by atoms with Gasteiger partial charge < -0.3 is 16.0 Å². The van der Waals surface area contributed by atoms with Crippen LogP contribution < -0.4 is 11.1 Å². The van der Waals surface area contributed by atoms with Crippen LogP contribution in [-0.2, 0) is 16.4 Å². The molecule has 1 aromatic heterocycles. The van der Waals surface area contributed by atoms with E-state index in [4.69, 9.17) is 5.73 Å². The fourth-order valence-corrected chi connectivity index (χ4v) is 2.43. The van der Waals surface area contributed by atoms with Crippen LogP contribution in [0.25, 0.3) is 0 Å². The van der Waals surface area contributed by atoms with Crippen LogP contribution in [0.15, 0.2) is 35.5 Å². The Morgan fingerprint density at radius 3 is 2.83 bits per heavy atom. The normalized spacial score (nSPS) is 11.4. The van der Waals surface area contributed by atoms with Gasteiger partial charge in [-0.1, -0.05) is 6.07 Å². The molecule has 0 aliphatic rings. The Labute approximate surface area is 105 Å². The van der Waals surface area contributed by atoms with Crippen molar-refractivity contribution in [3.63, 3.8) is 0 Å². The lowest BCUT2D eigenvalue weighted by Gasteiger charge is -2.11. The number of imidazole rings is 1. The smallest absolute Gasteiger partial charge is 0.177 e. The van der Waals surface area contributed by atoms with Crippen molar-refractivity contribution in [3.8, 4) is 0 Å². The molecule has 0 fully saturated rings. The summed E-state index contributed by atoms with van der Waals surface area (Å²) >= 11 is 0. The number of H-pyrrole nitrogens is 1. The first kappa shape index (κ1) is 12.4. The minimum Gasteiger partial charge on any atom is -0.396 e. The Balaban J connectivity index is 2.24. The number of anilines is 2. The highest BCUT2D eigenvalue weighted by atomic mass is 32.2. The van der Waals surface area contributed by atoms with Gasteiger partial charge in [0.15, 0.2) is 9.84 Å². The Kier molecular flexibility index (Phi) is 3.24. The van der Waals surface area contributed by atoms with Gasteiger partial charge in [-0.05, 0) is 12.1 Å². The van der Waals surface area contributed by atoms with Gasteiger partial charge in [0, 0.05) is 18.6 Å². The molecule has 0 saturated carbocycles. The molecule has 0 radical (unpaired) electrons. The largest absolute Gasteiger partial charge is 0.396 e. The zero-order valence-electron chi connectivity index (χ0n) is 9.84. The van der Waals surface area contributed by atoms with Gasteiger partial charge >= 0.3 is 0 Å². The van der Waals surface area contributed by atoms with Crippen molar-refractivity contribution in [1.29, 1.82) is 0 Å². The molecular formula is C11H14N4O2S. The first-order valence-corrected chi connectivity index (χ1v) is 7.18. The van der Waals surface area contributed by atoms with E-state index in [1.54, 1.807) is 24.5 Å². The molecule has 0 bridgehead atoms. The summed E-state index contributed by atoms with van der Waals surface area (Å²) in [6.07, 6.45) is 4.50. The molecule has 4 N–H and O–H groups in total. The first-order chi connectivity index (χ1) is 8.48. The summed E-state index contributed by atoms with van der Waals surface area (Å²) in [5.74, 6) is 0.749. The minimum atomic E-state index is -3.32. The second-order valence-corrected chi connectivity index (χ2v) is 5.86. The molecule has 1 heterocycles. The number of nitrogens with one attached hydrogen (secondary N) is 2. The second-order valence-electron chi connectivity index (χ2n) is 3.88. The van der Waals surface area contributed by atoms with E-state index in [0.29, 0.717) is 12.2 Å². The molecule has 0 spiro atoms. The predicted molar refractivity (Wildman–Crippen MR) is 69.9 cm³/mol. The van der Waals surface area contributed by atoms with Gasteiger partial charge in [0.05, 0.1) is 22.8 Å². The lowest BCUT2D eigenvalue weighted by atomic mass is 10.2. The number of nitrogens with zero attached hydrogens (tertiary/aromatic N) is 1. The average molecular weight is 266 g/mol. The summed E-state index contributed by atoms with van der Waals surface area (Å²) < 4.78 is 23.0. The summed E-state index contributed by atoms with van der Waals surface area (Å²) in [5.41, 5.74) is 6.64. The molecule has 18 heavy (non-hydrogen) atoms. The number of aromatic amines is 1. The minimum absolute atomic E-state index is 0.131. The zero-order chi connectivity index (χ0) is 13.2. The van der Waals surface area contributed by atoms with E-state index in [0.717, 1.165) is 12.1 Å². The number of para-hydroxylation sites is 1. The van der Waals surface area contributed by atoms with Crippen LogP contribution in [0, 0.1) is 0 Å². The van der Waals surface area contributed by atoms with Gasteiger partial charge in [0.2, 0.25) is 0 Å². The number of benzene rings is 1. The quantitative estimate of drug-likeness (QED) is 0.717. The van der Waals surface area contributed by atoms with E-state index in [-0.39, 0.29) is 10.6 Å². The number of hydrogen-bond donors (Lipinski definition) is 3. The van der Waals surface area contributed by atoms with E-state index in [1.165, 1.54) is 6.07 Å². The van der Waals surface area contributed by atoms with Crippen molar-refractivity contribution in [3.05, 3.63) is 36.4 Å². The van der Waals surface area contributed by atoms with E-state index >= 15 is 0 Å². The first-order valence-electron chi connectivity index (χ1n) is 5.29. The van der Waals surface area contributed by atoms with E-state index < -0.39 is 9.84 Å². The zero-order valence-corrected chi connectivity index (χ0v) is 10.7. The SMILES string of the molecule is CS(=O)(=O)c1cccc(NCc2ncc[nH]2)c1N. The monoisotopic (exact) mass is 266 g/mol. The van der Waals surface area contributed by atoms with Crippen LogP contribution in [0.2, 0.25) is 0 Å². The summed E-state index contributed by atoms with van der Waals surface area (Å²) in [6.45, 7) is 0.449. The number of nitrogen functional groups attached to an aromatic ring is 1. The Bertz CT molecular complexity index is 635. The average Bonchev–Trinajstić information content (AvgIpc) is 2.79. The van der Waals surface area contributed by atoms with Crippen LogP contribution in [0.5, 0.6) is 0 Å². The van der Waals surface area contributed by atoms with Crippen molar-refractivity contribution in [1.82, 2.24) is 9.97 Å². The van der Waals surface area contributed by atoms with Crippen LogP contribution in [-0.4, -0.2) is 24.6 Å². The van der Waals surface area contributed by atoms with Crippen LogP contribution in [0.4, 0.5) is 11.4 Å². The molecule has 2 rings (SSSR count). The highest BCUT2D eigenvalue weighted by Gasteiger charge is 2.13. The predicted octanol–water partition coefficient (Wildman–Crippen LogP) is 1.01. The molecular weight excluding hydrogens is 252 g/mol. The molecule has 7 heteroatoms. The molecule has 0 amide bonds. The number of aromatic nitrogens is 2. The number of nitrogens with two attached hydrogens (primary N) is 1. The highest BCUT2D eigenvalue weighted by molar-refractivity contribution is 7.90.